The molecule has 2 N–H and O–H groups in total. The second-order valence-electron chi connectivity index (χ2n) is 7.73. The number of nitrogens with one attached hydrogen (secondary N) is 1. The number of amides is 1. The lowest BCUT2D eigenvalue weighted by Crippen LogP contribution is -2.43. The predicted molar refractivity (Wildman–Crippen MR) is 89.0 cm³/mol. The Kier molecular flexibility index (Phi) is 8.40. The van der Waals surface area contributed by atoms with Gasteiger partial charge in [0.05, 0.1) is 12.2 Å². The van der Waals surface area contributed by atoms with Crippen LogP contribution in [0.25, 0.3) is 0 Å². The molecule has 0 aliphatic carbocycles. The first-order valence-corrected chi connectivity index (χ1v) is 8.12. The summed E-state index contributed by atoms with van der Waals surface area (Å²) >= 11 is 0. The number of carbonyl (C=O) groups excluding carboxylic acids is 1. The van der Waals surface area contributed by atoms with Gasteiger partial charge in [-0.25, -0.2) is 4.79 Å². The molecular formula is C17H35NO4. The Bertz CT molecular complexity index is 336. The van der Waals surface area contributed by atoms with Gasteiger partial charge in [-0.05, 0) is 53.9 Å². The van der Waals surface area contributed by atoms with Gasteiger partial charge in [0, 0.05) is 19.1 Å². The van der Waals surface area contributed by atoms with Gasteiger partial charge in [-0.2, -0.15) is 0 Å². The van der Waals surface area contributed by atoms with Crippen molar-refractivity contribution >= 4 is 6.09 Å². The van der Waals surface area contributed by atoms with E-state index in [1.165, 1.54) is 0 Å². The van der Waals surface area contributed by atoms with Gasteiger partial charge in [-0.15, -0.1) is 0 Å². The van der Waals surface area contributed by atoms with Gasteiger partial charge in [0.2, 0.25) is 0 Å². The number of alkyl carbamates (subject to hydrolysis) is 1. The zero-order valence-electron chi connectivity index (χ0n) is 15.4. The lowest BCUT2D eigenvalue weighted by atomic mass is 9.77. The Morgan fingerprint density at radius 2 is 1.68 bits per heavy atom. The summed E-state index contributed by atoms with van der Waals surface area (Å²) in [5.41, 5.74) is -1.09. The van der Waals surface area contributed by atoms with Crippen LogP contribution in [0.15, 0.2) is 0 Å². The molecule has 0 saturated carbocycles. The molecule has 0 aliphatic heterocycles. The third kappa shape index (κ3) is 8.59. The Labute approximate surface area is 135 Å². The van der Waals surface area contributed by atoms with E-state index < -0.39 is 11.7 Å². The quantitative estimate of drug-likeness (QED) is 0.683. The van der Waals surface area contributed by atoms with Gasteiger partial charge in [-0.3, -0.25) is 0 Å². The maximum atomic E-state index is 11.8. The molecule has 0 spiro atoms. The molecule has 1 unspecified atom stereocenters. The van der Waals surface area contributed by atoms with E-state index in [9.17, 15) is 9.90 Å². The normalized spacial score (nSPS) is 15.3. The minimum Gasteiger partial charge on any atom is -0.444 e. The molecule has 1 atom stereocenters. The Morgan fingerprint density at radius 3 is 2.09 bits per heavy atom. The molecular weight excluding hydrogens is 282 g/mol. The second-order valence-corrected chi connectivity index (χ2v) is 7.73. The maximum Gasteiger partial charge on any atom is 0.407 e. The molecule has 22 heavy (non-hydrogen) atoms. The van der Waals surface area contributed by atoms with E-state index in [4.69, 9.17) is 9.47 Å². The monoisotopic (exact) mass is 317 g/mol. The molecule has 0 rings (SSSR count). The lowest BCUT2D eigenvalue weighted by molar-refractivity contribution is -0.00617. The minimum atomic E-state index is -0.519. The molecule has 0 saturated heterocycles. The number of aliphatic hydroxyl groups excluding tert-OH is 1. The lowest BCUT2D eigenvalue weighted by Gasteiger charge is -2.35. The van der Waals surface area contributed by atoms with E-state index in [-0.39, 0.29) is 17.6 Å². The molecule has 5 nitrogen and oxygen atoms in total. The van der Waals surface area contributed by atoms with Crippen LogP contribution >= 0.6 is 0 Å². The van der Waals surface area contributed by atoms with Crippen molar-refractivity contribution in [3.8, 4) is 0 Å². The standard InChI is InChI=1S/C17H35NO4/c1-8-9-17(13-19,11-10-16(5,6)21-7)12-18-14(20)22-15(2,3)4/h19H,8-13H2,1-7H3,(H,18,20). The number of aliphatic hydroxyl groups is 1. The van der Waals surface area contributed by atoms with Gasteiger partial charge in [0.25, 0.3) is 0 Å². The summed E-state index contributed by atoms with van der Waals surface area (Å²) in [5.74, 6) is 0. The summed E-state index contributed by atoms with van der Waals surface area (Å²) in [6.45, 7) is 12.1. The number of hydrogen-bond acceptors (Lipinski definition) is 4. The number of hydrogen-bond donors (Lipinski definition) is 2. The molecule has 0 aliphatic rings. The zero-order chi connectivity index (χ0) is 17.4. The molecule has 132 valence electrons. The van der Waals surface area contributed by atoms with Crippen LogP contribution in [0.4, 0.5) is 4.79 Å². The van der Waals surface area contributed by atoms with Crippen molar-refractivity contribution < 1.29 is 19.4 Å². The topological polar surface area (TPSA) is 67.8 Å². The van der Waals surface area contributed by atoms with Crippen LogP contribution < -0.4 is 5.32 Å². The van der Waals surface area contributed by atoms with E-state index in [1.54, 1.807) is 7.11 Å². The van der Waals surface area contributed by atoms with Crippen LogP contribution in [-0.4, -0.2) is 42.7 Å². The molecule has 5 heteroatoms. The van der Waals surface area contributed by atoms with Gasteiger partial charge >= 0.3 is 6.09 Å². The predicted octanol–water partition coefficient (Wildman–Crippen LogP) is 3.50. The number of rotatable bonds is 9. The van der Waals surface area contributed by atoms with Crippen molar-refractivity contribution in [2.24, 2.45) is 5.41 Å². The average Bonchev–Trinajstić information content (AvgIpc) is 2.40. The van der Waals surface area contributed by atoms with Crippen molar-refractivity contribution in [2.45, 2.75) is 78.4 Å². The van der Waals surface area contributed by atoms with Crippen LogP contribution in [-0.2, 0) is 9.47 Å². The second kappa shape index (κ2) is 8.73. The van der Waals surface area contributed by atoms with Crippen molar-refractivity contribution in [1.82, 2.24) is 5.32 Å². The number of ether oxygens (including phenoxy) is 2. The van der Waals surface area contributed by atoms with Crippen LogP contribution in [0.5, 0.6) is 0 Å². The van der Waals surface area contributed by atoms with E-state index in [1.807, 2.05) is 34.6 Å². The summed E-state index contributed by atoms with van der Waals surface area (Å²) in [7, 11) is 1.69. The number of carbonyl (C=O) groups is 1. The molecule has 0 fully saturated rings. The average molecular weight is 317 g/mol. The van der Waals surface area contributed by atoms with E-state index in [2.05, 4.69) is 12.2 Å². The fraction of sp³-hybridized carbons (Fsp3) is 0.941. The van der Waals surface area contributed by atoms with Gasteiger partial charge < -0.3 is 19.9 Å². The zero-order valence-corrected chi connectivity index (χ0v) is 15.4. The summed E-state index contributed by atoms with van der Waals surface area (Å²) < 4.78 is 10.7. The first kappa shape index (κ1) is 21.2. The van der Waals surface area contributed by atoms with Gasteiger partial charge in [0.15, 0.2) is 0 Å². The highest BCUT2D eigenvalue weighted by atomic mass is 16.6. The molecule has 0 aromatic rings. The summed E-state index contributed by atoms with van der Waals surface area (Å²) in [4.78, 5) is 11.8. The van der Waals surface area contributed by atoms with Crippen LogP contribution in [0.1, 0.15) is 67.2 Å². The van der Waals surface area contributed by atoms with E-state index >= 15 is 0 Å². The van der Waals surface area contributed by atoms with Crippen molar-refractivity contribution in [2.75, 3.05) is 20.3 Å². The van der Waals surface area contributed by atoms with Crippen molar-refractivity contribution in [3.63, 3.8) is 0 Å². The fourth-order valence-corrected chi connectivity index (χ4v) is 2.29. The van der Waals surface area contributed by atoms with Crippen LogP contribution in [0.2, 0.25) is 0 Å². The minimum absolute atomic E-state index is 0.0381. The van der Waals surface area contributed by atoms with Crippen LogP contribution in [0, 0.1) is 5.41 Å². The SMILES string of the molecule is CCCC(CO)(CCC(C)(C)OC)CNC(=O)OC(C)(C)C. The first-order chi connectivity index (χ1) is 9.99. The third-order valence-electron chi connectivity index (χ3n) is 3.93. The van der Waals surface area contributed by atoms with Gasteiger partial charge in [0.1, 0.15) is 5.60 Å². The molecule has 0 heterocycles. The van der Waals surface area contributed by atoms with Gasteiger partial charge in [-0.1, -0.05) is 13.3 Å². The first-order valence-electron chi connectivity index (χ1n) is 8.12. The van der Waals surface area contributed by atoms with E-state index in [0.717, 1.165) is 25.7 Å². The Balaban J connectivity index is 4.71. The highest BCUT2D eigenvalue weighted by Gasteiger charge is 2.32. The number of methoxy groups -OCH3 is 1. The summed E-state index contributed by atoms with van der Waals surface area (Å²) in [6.07, 6.45) is 2.96. The molecule has 0 radical (unpaired) electrons. The molecule has 0 aromatic carbocycles. The fourth-order valence-electron chi connectivity index (χ4n) is 2.29. The molecule has 0 aromatic heterocycles. The smallest absolute Gasteiger partial charge is 0.407 e. The van der Waals surface area contributed by atoms with Crippen LogP contribution in [0.3, 0.4) is 0 Å². The Hall–Kier alpha value is -0.810. The molecule has 1 amide bonds. The van der Waals surface area contributed by atoms with Crippen molar-refractivity contribution in [3.05, 3.63) is 0 Å². The summed E-state index contributed by atoms with van der Waals surface area (Å²) in [6, 6.07) is 0. The third-order valence-corrected chi connectivity index (χ3v) is 3.93. The maximum absolute atomic E-state index is 11.8. The highest BCUT2D eigenvalue weighted by molar-refractivity contribution is 5.67. The largest absolute Gasteiger partial charge is 0.444 e. The van der Waals surface area contributed by atoms with E-state index in [0.29, 0.717) is 6.54 Å². The highest BCUT2D eigenvalue weighted by Crippen LogP contribution is 2.32. The van der Waals surface area contributed by atoms with Crippen molar-refractivity contribution in [1.29, 1.82) is 0 Å². The summed E-state index contributed by atoms with van der Waals surface area (Å²) in [5, 5.41) is 12.7. The Morgan fingerprint density at radius 1 is 1.09 bits per heavy atom. The molecule has 0 bridgehead atoms.